The Balaban J connectivity index is 1.76. The van der Waals surface area contributed by atoms with E-state index in [0.717, 1.165) is 17.7 Å². The molecule has 0 saturated heterocycles. The standard InChI is InChI=1S/C14H15NO3S/c1-10-13(19-9-15-10)6-7-18-8-11-2-4-12(5-3-11)14(16)17/h2-5,9H,6-8H2,1H3,(H,16,17). The van der Waals surface area contributed by atoms with Gasteiger partial charge in [0, 0.05) is 11.3 Å². The van der Waals surface area contributed by atoms with Crippen LogP contribution in [-0.4, -0.2) is 22.7 Å². The highest BCUT2D eigenvalue weighted by Crippen LogP contribution is 2.13. The molecule has 0 radical (unpaired) electrons. The molecule has 19 heavy (non-hydrogen) atoms. The molecule has 0 aliphatic carbocycles. The average molecular weight is 277 g/mol. The predicted octanol–water partition coefficient (Wildman–Crippen LogP) is 2.91. The maximum absolute atomic E-state index is 10.7. The van der Waals surface area contributed by atoms with Crippen LogP contribution >= 0.6 is 11.3 Å². The Morgan fingerprint density at radius 1 is 1.37 bits per heavy atom. The van der Waals surface area contributed by atoms with Gasteiger partial charge in [-0.15, -0.1) is 11.3 Å². The van der Waals surface area contributed by atoms with Gasteiger partial charge in [0.25, 0.3) is 0 Å². The van der Waals surface area contributed by atoms with Gasteiger partial charge in [-0.3, -0.25) is 0 Å². The monoisotopic (exact) mass is 277 g/mol. The van der Waals surface area contributed by atoms with Crippen molar-refractivity contribution in [1.29, 1.82) is 0 Å². The molecule has 1 aromatic heterocycles. The molecule has 0 saturated carbocycles. The van der Waals surface area contributed by atoms with Gasteiger partial charge in [0.2, 0.25) is 0 Å². The number of aromatic carboxylic acids is 1. The molecule has 0 spiro atoms. The molecule has 0 unspecified atom stereocenters. The zero-order valence-electron chi connectivity index (χ0n) is 10.6. The van der Waals surface area contributed by atoms with Crippen molar-refractivity contribution in [2.75, 3.05) is 6.61 Å². The molecule has 1 N–H and O–H groups in total. The van der Waals surface area contributed by atoms with Crippen LogP contribution in [0, 0.1) is 6.92 Å². The summed E-state index contributed by atoms with van der Waals surface area (Å²) < 4.78 is 5.58. The van der Waals surface area contributed by atoms with Crippen molar-refractivity contribution in [3.8, 4) is 0 Å². The smallest absolute Gasteiger partial charge is 0.335 e. The summed E-state index contributed by atoms with van der Waals surface area (Å²) in [7, 11) is 0. The molecule has 1 heterocycles. The number of aromatic nitrogens is 1. The first-order valence-corrected chi connectivity index (χ1v) is 6.83. The summed E-state index contributed by atoms with van der Waals surface area (Å²) >= 11 is 1.64. The summed E-state index contributed by atoms with van der Waals surface area (Å²) in [5.74, 6) is -0.909. The number of ether oxygens (including phenoxy) is 1. The van der Waals surface area contributed by atoms with Gasteiger partial charge in [-0.05, 0) is 24.6 Å². The molecule has 100 valence electrons. The molecule has 5 heteroatoms. The van der Waals surface area contributed by atoms with Crippen molar-refractivity contribution in [2.45, 2.75) is 20.0 Å². The first kappa shape index (κ1) is 13.7. The highest BCUT2D eigenvalue weighted by atomic mass is 32.1. The van der Waals surface area contributed by atoms with Crippen LogP contribution in [0.5, 0.6) is 0 Å². The molecule has 0 atom stereocenters. The summed E-state index contributed by atoms with van der Waals surface area (Å²) in [4.78, 5) is 16.1. The van der Waals surface area contributed by atoms with E-state index in [0.29, 0.717) is 18.8 Å². The first-order valence-electron chi connectivity index (χ1n) is 5.96. The second-order valence-electron chi connectivity index (χ2n) is 4.17. The van der Waals surface area contributed by atoms with Crippen LogP contribution < -0.4 is 0 Å². The highest BCUT2D eigenvalue weighted by Gasteiger charge is 2.03. The molecule has 0 amide bonds. The summed E-state index contributed by atoms with van der Waals surface area (Å²) in [6, 6.07) is 6.74. The van der Waals surface area contributed by atoms with Crippen LogP contribution in [-0.2, 0) is 17.8 Å². The van der Waals surface area contributed by atoms with Crippen LogP contribution in [0.25, 0.3) is 0 Å². The third-order valence-corrected chi connectivity index (χ3v) is 3.78. The average Bonchev–Trinajstić information content (AvgIpc) is 2.81. The maximum atomic E-state index is 10.7. The van der Waals surface area contributed by atoms with E-state index in [9.17, 15) is 4.79 Å². The van der Waals surface area contributed by atoms with E-state index >= 15 is 0 Å². The number of carbonyl (C=O) groups is 1. The number of aryl methyl sites for hydroxylation is 1. The van der Waals surface area contributed by atoms with Gasteiger partial charge in [-0.25, -0.2) is 9.78 Å². The largest absolute Gasteiger partial charge is 0.478 e. The predicted molar refractivity (Wildman–Crippen MR) is 73.6 cm³/mol. The number of rotatable bonds is 6. The minimum atomic E-state index is -0.909. The highest BCUT2D eigenvalue weighted by molar-refractivity contribution is 7.09. The molecule has 4 nitrogen and oxygen atoms in total. The Kier molecular flexibility index (Phi) is 4.65. The number of carboxylic acid groups (broad SMARTS) is 1. The lowest BCUT2D eigenvalue weighted by Gasteiger charge is -2.04. The van der Waals surface area contributed by atoms with Crippen molar-refractivity contribution in [2.24, 2.45) is 0 Å². The third-order valence-electron chi connectivity index (χ3n) is 2.79. The fourth-order valence-corrected chi connectivity index (χ4v) is 2.43. The Bertz CT molecular complexity index is 548. The van der Waals surface area contributed by atoms with Gasteiger partial charge in [-0.2, -0.15) is 0 Å². The molecule has 2 rings (SSSR count). The minimum absolute atomic E-state index is 0.295. The Morgan fingerprint density at radius 3 is 2.68 bits per heavy atom. The van der Waals surface area contributed by atoms with E-state index in [-0.39, 0.29) is 0 Å². The Labute approximate surface area is 115 Å². The Morgan fingerprint density at radius 2 is 2.11 bits per heavy atom. The van der Waals surface area contributed by atoms with Crippen LogP contribution in [0.15, 0.2) is 29.8 Å². The lowest BCUT2D eigenvalue weighted by molar-refractivity contribution is 0.0696. The molecular formula is C14H15NO3S. The molecule has 0 aliphatic heterocycles. The number of benzene rings is 1. The Hall–Kier alpha value is -1.72. The summed E-state index contributed by atoms with van der Waals surface area (Å²) in [5, 5.41) is 8.79. The molecule has 0 fully saturated rings. The fraction of sp³-hybridized carbons (Fsp3) is 0.286. The SMILES string of the molecule is Cc1ncsc1CCOCc1ccc(C(=O)O)cc1. The summed E-state index contributed by atoms with van der Waals surface area (Å²) in [6.45, 7) is 3.14. The molecule has 0 bridgehead atoms. The van der Waals surface area contributed by atoms with E-state index in [4.69, 9.17) is 9.84 Å². The van der Waals surface area contributed by atoms with Crippen LogP contribution in [0.1, 0.15) is 26.5 Å². The normalized spacial score (nSPS) is 10.6. The number of thiazole rings is 1. The van der Waals surface area contributed by atoms with Gasteiger partial charge < -0.3 is 9.84 Å². The quantitative estimate of drug-likeness (QED) is 0.825. The lowest BCUT2D eigenvalue weighted by Crippen LogP contribution is -2.00. The first-order chi connectivity index (χ1) is 9.16. The number of hydrogen-bond donors (Lipinski definition) is 1. The second kappa shape index (κ2) is 6.45. The zero-order chi connectivity index (χ0) is 13.7. The van der Waals surface area contributed by atoms with Crippen molar-refractivity contribution in [3.63, 3.8) is 0 Å². The minimum Gasteiger partial charge on any atom is -0.478 e. The van der Waals surface area contributed by atoms with Crippen molar-refractivity contribution in [3.05, 3.63) is 51.5 Å². The summed E-state index contributed by atoms with van der Waals surface area (Å²) in [5.41, 5.74) is 4.18. The van der Waals surface area contributed by atoms with Crippen molar-refractivity contribution in [1.82, 2.24) is 4.98 Å². The van der Waals surface area contributed by atoms with Gasteiger partial charge >= 0.3 is 5.97 Å². The van der Waals surface area contributed by atoms with Gasteiger partial charge in [0.05, 0.1) is 30.0 Å². The molecule has 0 aliphatic rings. The number of carboxylic acids is 1. The van der Waals surface area contributed by atoms with E-state index < -0.39 is 5.97 Å². The van der Waals surface area contributed by atoms with Gasteiger partial charge in [-0.1, -0.05) is 12.1 Å². The molecule has 2 aromatic rings. The topological polar surface area (TPSA) is 59.4 Å². The van der Waals surface area contributed by atoms with Crippen LogP contribution in [0.2, 0.25) is 0 Å². The van der Waals surface area contributed by atoms with E-state index in [1.54, 1.807) is 35.6 Å². The molecule has 1 aromatic carbocycles. The van der Waals surface area contributed by atoms with Gasteiger partial charge in [0.1, 0.15) is 0 Å². The number of nitrogens with zero attached hydrogens (tertiary/aromatic N) is 1. The van der Waals surface area contributed by atoms with E-state index in [1.807, 2.05) is 12.4 Å². The number of hydrogen-bond acceptors (Lipinski definition) is 4. The van der Waals surface area contributed by atoms with Crippen molar-refractivity contribution >= 4 is 17.3 Å². The second-order valence-corrected chi connectivity index (χ2v) is 5.10. The van der Waals surface area contributed by atoms with Crippen LogP contribution in [0.4, 0.5) is 0 Å². The van der Waals surface area contributed by atoms with E-state index in [1.165, 1.54) is 4.88 Å². The third kappa shape index (κ3) is 3.87. The zero-order valence-corrected chi connectivity index (χ0v) is 11.4. The van der Waals surface area contributed by atoms with Gasteiger partial charge in [0.15, 0.2) is 0 Å². The lowest BCUT2D eigenvalue weighted by atomic mass is 10.1. The molecular weight excluding hydrogens is 262 g/mol. The van der Waals surface area contributed by atoms with Crippen molar-refractivity contribution < 1.29 is 14.6 Å². The van der Waals surface area contributed by atoms with Crippen LogP contribution in [0.3, 0.4) is 0 Å². The van der Waals surface area contributed by atoms with E-state index in [2.05, 4.69) is 4.98 Å². The maximum Gasteiger partial charge on any atom is 0.335 e. The fourth-order valence-electron chi connectivity index (χ4n) is 1.66. The summed E-state index contributed by atoms with van der Waals surface area (Å²) in [6.07, 6.45) is 0.865.